The molecule has 184 valence electrons. The Labute approximate surface area is 209 Å². The second-order valence-corrected chi connectivity index (χ2v) is 9.63. The number of hydrogen-bond donors (Lipinski definition) is 3. The second kappa shape index (κ2) is 11.0. The number of likely N-dealkylation sites (N-methyl/N-ethyl adjacent to an activating group) is 1. The normalized spacial score (nSPS) is 18.7. The number of amides is 2. The van der Waals surface area contributed by atoms with Crippen LogP contribution in [-0.4, -0.2) is 65.7 Å². The van der Waals surface area contributed by atoms with Crippen LogP contribution in [0.25, 0.3) is 10.6 Å². The van der Waals surface area contributed by atoms with Crippen LogP contribution in [0.15, 0.2) is 54.0 Å². The molecule has 1 aliphatic rings. The van der Waals surface area contributed by atoms with Crippen LogP contribution >= 0.6 is 11.3 Å². The molecule has 0 saturated carbocycles. The molecule has 0 aliphatic carbocycles. The Kier molecular flexibility index (Phi) is 7.80. The van der Waals surface area contributed by atoms with Gasteiger partial charge < -0.3 is 25.4 Å². The molecule has 35 heavy (non-hydrogen) atoms. The van der Waals surface area contributed by atoms with Crippen molar-refractivity contribution < 1.29 is 19.4 Å². The van der Waals surface area contributed by atoms with Gasteiger partial charge in [-0.2, -0.15) is 0 Å². The molecule has 0 spiro atoms. The number of carbonyl (C=O) groups excluding carboxylic acids is 2. The molecule has 0 radical (unpaired) electrons. The minimum atomic E-state index is -0.347. The van der Waals surface area contributed by atoms with Crippen LogP contribution in [-0.2, 0) is 0 Å². The molecule has 2 heterocycles. The molecule has 2 amide bonds. The van der Waals surface area contributed by atoms with Crippen molar-refractivity contribution in [2.45, 2.75) is 26.0 Å². The van der Waals surface area contributed by atoms with E-state index >= 15 is 0 Å². The summed E-state index contributed by atoms with van der Waals surface area (Å²) in [5.74, 6) is -0.205. The number of nitrogens with one attached hydrogen (secondary N) is 2. The van der Waals surface area contributed by atoms with Crippen LogP contribution < -0.4 is 15.4 Å². The van der Waals surface area contributed by atoms with Gasteiger partial charge in [0, 0.05) is 41.7 Å². The van der Waals surface area contributed by atoms with Crippen LogP contribution in [0.2, 0.25) is 0 Å². The Morgan fingerprint density at radius 1 is 1.29 bits per heavy atom. The fraction of sp³-hybridized carbons (Fsp3) is 0.346. The van der Waals surface area contributed by atoms with E-state index in [0.29, 0.717) is 35.7 Å². The number of thiazole rings is 1. The maximum absolute atomic E-state index is 13.5. The van der Waals surface area contributed by atoms with Gasteiger partial charge >= 0.3 is 0 Å². The lowest BCUT2D eigenvalue weighted by molar-refractivity contribution is 0.0417. The van der Waals surface area contributed by atoms with Crippen LogP contribution in [0, 0.1) is 5.92 Å². The van der Waals surface area contributed by atoms with Gasteiger partial charge in [0.2, 0.25) is 0 Å². The topological polar surface area (TPSA) is 104 Å². The molecule has 0 fully saturated rings. The number of aromatic nitrogens is 1. The summed E-state index contributed by atoms with van der Waals surface area (Å²) in [6.07, 6.45) is 1.51. The molecule has 4 rings (SSSR count). The first kappa shape index (κ1) is 24.8. The highest BCUT2D eigenvalue weighted by molar-refractivity contribution is 7.13. The SMILES string of the molecule is CNC[C@H]1Oc2c(NC(=O)c3ccc(-c4nccs4)cc3)cccc2C(=O)N([C@@H](C)CO)C[C@H]1C. The Hall–Kier alpha value is -3.27. The number of rotatable bonds is 7. The van der Waals surface area contributed by atoms with E-state index in [2.05, 4.69) is 15.6 Å². The van der Waals surface area contributed by atoms with Crippen molar-refractivity contribution >= 4 is 28.8 Å². The molecule has 3 atom stereocenters. The number of carbonyl (C=O) groups is 2. The summed E-state index contributed by atoms with van der Waals surface area (Å²) < 4.78 is 6.36. The summed E-state index contributed by atoms with van der Waals surface area (Å²) in [5, 5.41) is 18.6. The number of anilines is 1. The van der Waals surface area contributed by atoms with Crippen molar-refractivity contribution in [3.63, 3.8) is 0 Å². The number of para-hydroxylation sites is 1. The van der Waals surface area contributed by atoms with Crippen molar-refractivity contribution in [3.8, 4) is 16.3 Å². The summed E-state index contributed by atoms with van der Waals surface area (Å²) in [6.45, 7) is 4.72. The first-order chi connectivity index (χ1) is 16.9. The highest BCUT2D eigenvalue weighted by Gasteiger charge is 2.33. The van der Waals surface area contributed by atoms with Gasteiger partial charge in [0.25, 0.3) is 11.8 Å². The van der Waals surface area contributed by atoms with Gasteiger partial charge in [-0.1, -0.05) is 25.1 Å². The number of nitrogens with zero attached hydrogens (tertiary/aromatic N) is 2. The number of aliphatic hydroxyl groups excluding tert-OH is 1. The predicted molar refractivity (Wildman–Crippen MR) is 137 cm³/mol. The summed E-state index contributed by atoms with van der Waals surface area (Å²) in [4.78, 5) is 32.5. The summed E-state index contributed by atoms with van der Waals surface area (Å²) in [6, 6.07) is 12.0. The van der Waals surface area contributed by atoms with Gasteiger partial charge in [-0.15, -0.1) is 11.3 Å². The van der Waals surface area contributed by atoms with Crippen molar-refractivity contribution in [3.05, 3.63) is 65.2 Å². The second-order valence-electron chi connectivity index (χ2n) is 8.73. The standard InChI is InChI=1S/C26H30N4O4S/c1-16-14-30(17(2)15-31)26(33)20-5-4-6-21(23(20)34-22(16)13-27-3)29-24(32)18-7-9-19(10-8-18)25-28-11-12-35-25/h4-12,16-17,22,27,31H,13-15H2,1-3H3,(H,29,32)/t16-,17+,22-/m1/s1. The average molecular weight is 495 g/mol. The van der Waals surface area contributed by atoms with E-state index in [9.17, 15) is 14.7 Å². The fourth-order valence-corrected chi connectivity index (χ4v) is 4.76. The van der Waals surface area contributed by atoms with Gasteiger partial charge in [0.15, 0.2) is 5.75 Å². The molecule has 0 bridgehead atoms. The van der Waals surface area contributed by atoms with Crippen molar-refractivity contribution in [1.29, 1.82) is 0 Å². The Morgan fingerprint density at radius 2 is 2.06 bits per heavy atom. The van der Waals surface area contributed by atoms with E-state index in [1.807, 2.05) is 38.4 Å². The lowest BCUT2D eigenvalue weighted by Crippen LogP contribution is -2.49. The molecule has 0 saturated heterocycles. The molecule has 2 aromatic carbocycles. The van der Waals surface area contributed by atoms with E-state index in [1.54, 1.807) is 41.4 Å². The number of fused-ring (bicyclic) bond motifs is 1. The van der Waals surface area contributed by atoms with E-state index < -0.39 is 0 Å². The average Bonchev–Trinajstić information content (AvgIpc) is 3.41. The third-order valence-corrected chi connectivity index (χ3v) is 6.99. The lowest BCUT2D eigenvalue weighted by Gasteiger charge is -2.37. The van der Waals surface area contributed by atoms with Crippen LogP contribution in [0.4, 0.5) is 5.69 Å². The van der Waals surface area contributed by atoms with Gasteiger partial charge in [0.05, 0.1) is 23.9 Å². The van der Waals surface area contributed by atoms with Crippen molar-refractivity contribution in [2.75, 3.05) is 32.1 Å². The first-order valence-corrected chi connectivity index (χ1v) is 12.5. The minimum Gasteiger partial charge on any atom is -0.486 e. The lowest BCUT2D eigenvalue weighted by atomic mass is 9.99. The molecule has 8 nitrogen and oxygen atoms in total. The van der Waals surface area contributed by atoms with E-state index in [1.165, 1.54) is 11.3 Å². The van der Waals surface area contributed by atoms with Crippen molar-refractivity contribution in [1.82, 2.24) is 15.2 Å². The highest BCUT2D eigenvalue weighted by atomic mass is 32.1. The minimum absolute atomic E-state index is 0.00397. The molecule has 3 N–H and O–H groups in total. The third-order valence-electron chi connectivity index (χ3n) is 6.17. The quantitative estimate of drug-likeness (QED) is 0.465. The maximum Gasteiger partial charge on any atom is 0.258 e. The fourth-order valence-electron chi connectivity index (χ4n) is 4.11. The summed E-state index contributed by atoms with van der Waals surface area (Å²) in [5.41, 5.74) is 2.21. The summed E-state index contributed by atoms with van der Waals surface area (Å²) in [7, 11) is 1.85. The van der Waals surface area contributed by atoms with Gasteiger partial charge in [-0.3, -0.25) is 9.59 Å². The molecular weight excluding hydrogens is 464 g/mol. The molecule has 1 aliphatic heterocycles. The third kappa shape index (κ3) is 5.37. The van der Waals surface area contributed by atoms with E-state index in [-0.39, 0.29) is 36.5 Å². The molecule has 3 aromatic rings. The Morgan fingerprint density at radius 3 is 2.71 bits per heavy atom. The first-order valence-electron chi connectivity index (χ1n) is 11.6. The van der Waals surface area contributed by atoms with Gasteiger partial charge in [-0.25, -0.2) is 4.98 Å². The van der Waals surface area contributed by atoms with E-state index in [4.69, 9.17) is 4.74 Å². The molecule has 1 aromatic heterocycles. The zero-order chi connectivity index (χ0) is 24.9. The summed E-state index contributed by atoms with van der Waals surface area (Å²) >= 11 is 1.54. The van der Waals surface area contributed by atoms with Crippen LogP contribution in [0.3, 0.4) is 0 Å². The van der Waals surface area contributed by atoms with Crippen LogP contribution in [0.1, 0.15) is 34.6 Å². The molecule has 9 heteroatoms. The Balaban J connectivity index is 1.65. The van der Waals surface area contributed by atoms with E-state index in [0.717, 1.165) is 10.6 Å². The van der Waals surface area contributed by atoms with Gasteiger partial charge in [-0.05, 0) is 38.2 Å². The van der Waals surface area contributed by atoms with Crippen molar-refractivity contribution in [2.24, 2.45) is 5.92 Å². The number of benzene rings is 2. The predicted octanol–water partition coefficient (Wildman–Crippen LogP) is 3.50. The number of ether oxygens (including phenoxy) is 1. The largest absolute Gasteiger partial charge is 0.486 e. The van der Waals surface area contributed by atoms with Gasteiger partial charge in [0.1, 0.15) is 11.1 Å². The monoisotopic (exact) mass is 494 g/mol. The molecule has 0 unspecified atom stereocenters. The zero-order valence-corrected chi connectivity index (χ0v) is 20.8. The van der Waals surface area contributed by atoms with Crippen LogP contribution in [0.5, 0.6) is 5.75 Å². The zero-order valence-electron chi connectivity index (χ0n) is 20.0. The maximum atomic E-state index is 13.5. The number of hydrogen-bond acceptors (Lipinski definition) is 7. The number of aliphatic hydroxyl groups is 1. The molecular formula is C26H30N4O4S. The Bertz CT molecular complexity index is 1170. The smallest absolute Gasteiger partial charge is 0.258 e. The highest BCUT2D eigenvalue weighted by Crippen LogP contribution is 2.35.